The maximum Gasteiger partial charge on any atom is 0.475 e. The number of nitrogens with one attached hydrogen (secondary N) is 1. The molecule has 3 aromatic heterocycles. The Balaban J connectivity index is 1.39. The average molecular weight is 706 g/mol. The number of azide groups is 1. The van der Waals surface area contributed by atoms with Crippen molar-refractivity contribution in [2.24, 2.45) is 5.11 Å². The Morgan fingerprint density at radius 2 is 1.88 bits per heavy atom. The van der Waals surface area contributed by atoms with Gasteiger partial charge in [0.2, 0.25) is 5.72 Å². The first-order chi connectivity index (χ1) is 23.1. The molecule has 0 saturated carbocycles. The Morgan fingerprint density at radius 1 is 1.15 bits per heavy atom. The fourth-order valence-electron chi connectivity index (χ4n) is 4.84. The predicted molar refractivity (Wildman–Crippen MR) is 154 cm³/mol. The van der Waals surface area contributed by atoms with Gasteiger partial charge < -0.3 is 23.0 Å². The second-order valence-corrected chi connectivity index (χ2v) is 12.1. The summed E-state index contributed by atoms with van der Waals surface area (Å²) in [5.41, 5.74) is 5.11. The van der Waals surface area contributed by atoms with Gasteiger partial charge in [0, 0.05) is 28.6 Å². The van der Waals surface area contributed by atoms with Crippen LogP contribution >= 0.6 is 19.4 Å². The van der Waals surface area contributed by atoms with Gasteiger partial charge in [-0.3, -0.25) is 27.9 Å². The maximum absolute atomic E-state index is 13.8. The van der Waals surface area contributed by atoms with E-state index in [1.165, 1.54) is 0 Å². The largest absolute Gasteiger partial charge is 0.475 e. The van der Waals surface area contributed by atoms with Gasteiger partial charge >= 0.3 is 25.5 Å². The molecule has 4 aromatic rings. The van der Waals surface area contributed by atoms with Crippen LogP contribution in [0.2, 0.25) is 5.02 Å². The van der Waals surface area contributed by atoms with Crippen molar-refractivity contribution in [2.45, 2.75) is 36.7 Å². The van der Waals surface area contributed by atoms with Crippen molar-refractivity contribution in [2.75, 3.05) is 13.2 Å². The summed E-state index contributed by atoms with van der Waals surface area (Å²) in [5, 5.41) is 4.06. The van der Waals surface area contributed by atoms with Gasteiger partial charge in [0.1, 0.15) is 12.5 Å². The summed E-state index contributed by atoms with van der Waals surface area (Å²) in [6.45, 7) is -1.12. The van der Waals surface area contributed by atoms with Gasteiger partial charge in [-0.2, -0.15) is 0 Å². The van der Waals surface area contributed by atoms with Crippen molar-refractivity contribution in [1.82, 2.24) is 19.5 Å². The highest BCUT2D eigenvalue weighted by Gasteiger charge is 2.62. The fraction of sp³-hybridized carbons (Fsp3) is 0.308. The zero-order chi connectivity index (χ0) is 33.9. The highest BCUT2D eigenvalue weighted by Crippen LogP contribution is 2.58. The van der Waals surface area contributed by atoms with Gasteiger partial charge in [0.25, 0.3) is 5.56 Å². The number of nitrogens with zero attached hydrogens (tertiary/aromatic N) is 6. The van der Waals surface area contributed by atoms with Crippen LogP contribution in [-0.2, 0) is 32.3 Å². The summed E-state index contributed by atoms with van der Waals surface area (Å²) in [4.78, 5) is 63.3. The highest BCUT2D eigenvalue weighted by molar-refractivity contribution is 7.48. The molecule has 1 unspecified atom stereocenters. The monoisotopic (exact) mass is 705 g/mol. The molecule has 48 heavy (non-hydrogen) atoms. The first-order valence-electron chi connectivity index (χ1n) is 13.7. The average Bonchev–Trinajstić information content (AvgIpc) is 3.84. The van der Waals surface area contributed by atoms with Crippen molar-refractivity contribution in [3.8, 4) is 0 Å². The van der Waals surface area contributed by atoms with Gasteiger partial charge in [-0.1, -0.05) is 28.8 Å². The SMILES string of the molecule is [N-]=[N+]=N[C@]1(COP2(=O)OCC[C@@H](c3cccc(Cl)c3)O2)O[C@@H](n2ccc(=O)[nH]c2=O)[C@H](OC(=O)c2cocn2)[C@@H]1OC(=O)c1cocn1. The van der Waals surface area contributed by atoms with Crippen LogP contribution in [0.3, 0.4) is 0 Å². The van der Waals surface area contributed by atoms with Crippen molar-refractivity contribution >= 4 is 31.4 Å². The van der Waals surface area contributed by atoms with Crippen LogP contribution in [0.1, 0.15) is 45.3 Å². The number of carbonyl (C=O) groups excluding carboxylic acids is 2. The van der Waals surface area contributed by atoms with Gasteiger partial charge in [-0.05, 0) is 23.2 Å². The second kappa shape index (κ2) is 13.6. The Labute approximate surface area is 271 Å². The molecule has 6 atom stereocenters. The quantitative estimate of drug-likeness (QED) is 0.0814. The number of oxazole rings is 2. The van der Waals surface area contributed by atoms with E-state index < -0.39 is 67.9 Å². The number of hydrogen-bond donors (Lipinski definition) is 1. The lowest BCUT2D eigenvalue weighted by molar-refractivity contribution is -0.128. The first kappa shape index (κ1) is 32.9. The molecule has 2 saturated heterocycles. The van der Waals surface area contributed by atoms with Gasteiger partial charge in [-0.15, -0.1) is 0 Å². The van der Waals surface area contributed by atoms with E-state index in [0.717, 1.165) is 42.1 Å². The van der Waals surface area contributed by atoms with Crippen molar-refractivity contribution < 1.29 is 50.8 Å². The van der Waals surface area contributed by atoms with Crippen LogP contribution in [0.25, 0.3) is 10.4 Å². The molecular weight excluding hydrogens is 685 g/mol. The summed E-state index contributed by atoms with van der Waals surface area (Å²) in [5.74, 6) is -2.35. The van der Waals surface area contributed by atoms with Crippen molar-refractivity contribution in [1.29, 1.82) is 0 Å². The standard InChI is InChI=1S/C26H21ClN7O13P/c27-15-3-1-2-14(8-15)18-5-7-42-48(39,47-18)43-11-26(32-33-28)21(45-24(37)17-10-41-13-30-17)20(44-23(36)16-9-40-12-29-16)22(46-26)34-6-4-19(35)31-25(34)38/h1-4,6,8-10,12-13,18,20-22H,5,7,11H2,(H,31,35,38)/t18-,20+,21-,22+,26+,48?/m0/s1. The lowest BCUT2D eigenvalue weighted by Gasteiger charge is -2.33. The first-order valence-corrected chi connectivity index (χ1v) is 15.5. The molecule has 20 nitrogen and oxygen atoms in total. The molecule has 250 valence electrons. The Hall–Kier alpha value is -5.07. The van der Waals surface area contributed by atoms with E-state index in [1.54, 1.807) is 24.3 Å². The molecule has 0 radical (unpaired) electrons. The minimum Gasteiger partial charge on any atom is -0.451 e. The third kappa shape index (κ3) is 6.80. The van der Waals surface area contributed by atoms with E-state index in [1.807, 2.05) is 4.98 Å². The van der Waals surface area contributed by atoms with E-state index in [2.05, 4.69) is 20.0 Å². The number of rotatable bonds is 10. The molecule has 22 heteroatoms. The number of phosphoric acid groups is 1. The van der Waals surface area contributed by atoms with Crippen LogP contribution in [0.5, 0.6) is 0 Å². The van der Waals surface area contributed by atoms with Crippen LogP contribution < -0.4 is 11.2 Å². The minimum absolute atomic E-state index is 0.0955. The van der Waals surface area contributed by atoms with E-state index >= 15 is 0 Å². The van der Waals surface area contributed by atoms with Gasteiger partial charge in [-0.25, -0.2) is 28.9 Å². The summed E-state index contributed by atoms with van der Waals surface area (Å²) in [6, 6.07) is 7.53. The number of benzene rings is 1. The number of aromatic nitrogens is 4. The zero-order valence-corrected chi connectivity index (χ0v) is 25.7. The highest BCUT2D eigenvalue weighted by atomic mass is 35.5. The summed E-state index contributed by atoms with van der Waals surface area (Å²) in [6.07, 6.45) is -1.43. The number of H-pyrrole nitrogens is 1. The molecule has 5 heterocycles. The molecule has 0 spiro atoms. The number of carbonyl (C=O) groups is 2. The van der Waals surface area contributed by atoms with Gasteiger partial charge in [0.05, 0.1) is 19.3 Å². The fourth-order valence-corrected chi connectivity index (χ4v) is 6.45. The molecule has 0 bridgehead atoms. The van der Waals surface area contributed by atoms with Crippen LogP contribution in [0, 0.1) is 0 Å². The maximum atomic E-state index is 13.8. The molecule has 1 aromatic carbocycles. The number of phosphoric ester groups is 1. The summed E-state index contributed by atoms with van der Waals surface area (Å²) < 4.78 is 58.1. The van der Waals surface area contributed by atoms with Gasteiger partial charge in [0.15, 0.2) is 42.6 Å². The van der Waals surface area contributed by atoms with E-state index in [4.69, 9.17) is 48.2 Å². The molecule has 1 N–H and O–H groups in total. The van der Waals surface area contributed by atoms with Crippen LogP contribution in [0.4, 0.5) is 0 Å². The number of hydrogen-bond acceptors (Lipinski definition) is 16. The molecular formula is C26H21ClN7O13P. The third-order valence-electron chi connectivity index (χ3n) is 6.98. The van der Waals surface area contributed by atoms with Crippen molar-refractivity contribution in [3.05, 3.63) is 115 Å². The molecule has 0 amide bonds. The second-order valence-electron chi connectivity index (χ2n) is 9.99. The predicted octanol–water partition coefficient (Wildman–Crippen LogP) is 3.46. The van der Waals surface area contributed by atoms with E-state index in [9.17, 15) is 29.3 Å². The lowest BCUT2D eigenvalue weighted by Crippen LogP contribution is -2.49. The Bertz CT molecular complexity index is 2010. The number of halogens is 1. The molecule has 2 aliphatic rings. The normalized spacial score (nSPS) is 26.8. The summed E-state index contributed by atoms with van der Waals surface area (Å²) in [7, 11) is -4.49. The van der Waals surface area contributed by atoms with E-state index in [-0.39, 0.29) is 24.4 Å². The van der Waals surface area contributed by atoms with Crippen LogP contribution in [0.15, 0.2) is 85.4 Å². The smallest absolute Gasteiger partial charge is 0.451 e. The molecule has 2 aliphatic heterocycles. The Morgan fingerprint density at radius 3 is 2.52 bits per heavy atom. The minimum atomic E-state index is -4.49. The lowest BCUT2D eigenvalue weighted by atomic mass is 10.0. The zero-order valence-electron chi connectivity index (χ0n) is 24.0. The number of ether oxygens (including phenoxy) is 3. The molecule has 6 rings (SSSR count). The third-order valence-corrected chi connectivity index (χ3v) is 8.68. The van der Waals surface area contributed by atoms with Crippen LogP contribution in [-0.4, -0.2) is 62.6 Å². The molecule has 0 aliphatic carbocycles. The van der Waals surface area contributed by atoms with E-state index in [0.29, 0.717) is 10.6 Å². The topological polar surface area (TPSA) is 262 Å². The Kier molecular flexibility index (Phi) is 9.29. The van der Waals surface area contributed by atoms with Crippen molar-refractivity contribution in [3.63, 3.8) is 0 Å². The number of esters is 2. The number of aromatic amines is 1. The molecule has 2 fully saturated rings. The summed E-state index contributed by atoms with van der Waals surface area (Å²) >= 11 is 6.11.